The van der Waals surface area contributed by atoms with Crippen LogP contribution >= 0.6 is 17.0 Å². The Bertz CT molecular complexity index is 8.00. The molecule has 2 N–H and O–H groups in total. The van der Waals surface area contributed by atoms with Gasteiger partial charge >= 0.3 is 23.9 Å². The zero-order valence-electron chi connectivity index (χ0n) is 2.69. The fraction of sp³-hybridized carbons (Fsp3) is 1.00. The van der Waals surface area contributed by atoms with Crippen LogP contribution in [0.3, 0.4) is 0 Å². The standard InChI is InChI=1S/CH5N.BrH.Sn.2H/c1-2;;;;/h2H2,1H3;1H;;;. The molecule has 4 heavy (non-hydrogen) atoms. The second kappa shape index (κ2) is 29.0. The van der Waals surface area contributed by atoms with Crippen LogP contribution in [0, 0.1) is 0 Å². The summed E-state index contributed by atoms with van der Waals surface area (Å²) < 4.78 is 0. The molecule has 2 radical (unpaired) electrons. The molecule has 0 saturated carbocycles. The summed E-state index contributed by atoms with van der Waals surface area (Å²) in [5.41, 5.74) is 4.50. The normalized spacial score (nSPS) is 1.50. The average Bonchev–Trinajstić information content (AvgIpc) is 1.00. The van der Waals surface area contributed by atoms with Gasteiger partial charge in [-0.05, 0) is 7.05 Å². The molecule has 1 nitrogen and oxygen atoms in total. The van der Waals surface area contributed by atoms with E-state index in [4.69, 9.17) is 0 Å². The molecule has 0 heterocycles. The molecule has 0 atom stereocenters. The molecular weight excluding hydrogens is 225 g/mol. The topological polar surface area (TPSA) is 26.0 Å². The van der Waals surface area contributed by atoms with E-state index >= 15 is 0 Å². The summed E-state index contributed by atoms with van der Waals surface area (Å²) in [6, 6.07) is 0. The molecule has 0 spiro atoms. The van der Waals surface area contributed by atoms with Crippen molar-refractivity contribution >= 4 is 40.9 Å². The van der Waals surface area contributed by atoms with Gasteiger partial charge in [0.05, 0.1) is 0 Å². The van der Waals surface area contributed by atoms with Gasteiger partial charge in [-0.1, -0.05) is 0 Å². The maximum atomic E-state index is 4.50. The van der Waals surface area contributed by atoms with E-state index in [9.17, 15) is 0 Å². The molecule has 0 aliphatic heterocycles. The minimum atomic E-state index is 0. The van der Waals surface area contributed by atoms with Crippen LogP contribution in [0.15, 0.2) is 0 Å². The van der Waals surface area contributed by atoms with Crippen molar-refractivity contribution in [3.63, 3.8) is 0 Å². The first kappa shape index (κ1) is 18.8. The molecule has 0 saturated heterocycles. The van der Waals surface area contributed by atoms with Gasteiger partial charge in [-0.25, -0.2) is 0 Å². The predicted octanol–water partition coefficient (Wildman–Crippen LogP) is -0.763. The molecule has 0 fully saturated rings. The van der Waals surface area contributed by atoms with Gasteiger partial charge in [-0.15, -0.1) is 17.0 Å². The van der Waals surface area contributed by atoms with Gasteiger partial charge in [0.15, 0.2) is 0 Å². The Balaban J connectivity index is -0.00000000500. The predicted molar refractivity (Wildman–Crippen MR) is 29.0 cm³/mol. The molecule has 0 aliphatic rings. The second-order valence-corrected chi connectivity index (χ2v) is 0. The number of hydrogen-bond donors (Lipinski definition) is 1. The summed E-state index contributed by atoms with van der Waals surface area (Å²) in [5.74, 6) is 0. The molecule has 0 aromatic rings. The van der Waals surface area contributed by atoms with E-state index in [-0.39, 0.29) is 40.9 Å². The van der Waals surface area contributed by atoms with Crippen LogP contribution in [0.2, 0.25) is 0 Å². The molecule has 28 valence electrons. The summed E-state index contributed by atoms with van der Waals surface area (Å²) >= 11 is 0. The van der Waals surface area contributed by atoms with Crippen LogP contribution in [0.1, 0.15) is 0 Å². The van der Waals surface area contributed by atoms with Crippen molar-refractivity contribution in [3.8, 4) is 0 Å². The Morgan fingerprint density at radius 1 is 1.25 bits per heavy atom. The molecule has 0 aromatic heterocycles. The average molecular weight is 233 g/mol. The first-order valence-corrected chi connectivity index (χ1v) is 0.577. The van der Waals surface area contributed by atoms with Crippen molar-refractivity contribution < 1.29 is 0 Å². The van der Waals surface area contributed by atoms with Crippen LogP contribution in [-0.2, 0) is 0 Å². The summed E-state index contributed by atoms with van der Waals surface area (Å²) in [6.45, 7) is 0. The van der Waals surface area contributed by atoms with Gasteiger partial charge < -0.3 is 5.73 Å². The van der Waals surface area contributed by atoms with Crippen LogP contribution in [0.4, 0.5) is 0 Å². The van der Waals surface area contributed by atoms with Gasteiger partial charge in [0, 0.05) is 0 Å². The van der Waals surface area contributed by atoms with Crippen molar-refractivity contribution in [2.24, 2.45) is 5.73 Å². The van der Waals surface area contributed by atoms with Gasteiger partial charge in [-0.2, -0.15) is 0 Å². The monoisotopic (exact) mass is 233 g/mol. The van der Waals surface area contributed by atoms with E-state index in [0.29, 0.717) is 0 Å². The molecule has 0 unspecified atom stereocenters. The third kappa shape index (κ3) is 10.6. The Hall–Kier alpha value is 1.24. The van der Waals surface area contributed by atoms with Gasteiger partial charge in [0.1, 0.15) is 0 Å². The van der Waals surface area contributed by atoms with Crippen molar-refractivity contribution in [1.29, 1.82) is 0 Å². The Kier molecular flexibility index (Phi) is 136. The maximum absolute atomic E-state index is 4.50. The van der Waals surface area contributed by atoms with E-state index in [2.05, 4.69) is 5.73 Å². The van der Waals surface area contributed by atoms with Crippen molar-refractivity contribution in [1.82, 2.24) is 0 Å². The number of rotatable bonds is 0. The first-order valence-electron chi connectivity index (χ1n) is 0.577. The van der Waals surface area contributed by atoms with Crippen molar-refractivity contribution in [3.05, 3.63) is 0 Å². The third-order valence-electron chi connectivity index (χ3n) is 0. The van der Waals surface area contributed by atoms with E-state index < -0.39 is 0 Å². The number of halogens is 1. The van der Waals surface area contributed by atoms with E-state index in [1.807, 2.05) is 0 Å². The van der Waals surface area contributed by atoms with Gasteiger partial charge in [-0.3, -0.25) is 0 Å². The van der Waals surface area contributed by atoms with Gasteiger partial charge in [0.25, 0.3) is 0 Å². The van der Waals surface area contributed by atoms with Crippen LogP contribution in [0.25, 0.3) is 0 Å². The van der Waals surface area contributed by atoms with Crippen LogP contribution in [0.5, 0.6) is 0 Å². The molecule has 0 rings (SSSR count). The zero-order chi connectivity index (χ0) is 2.00. The summed E-state index contributed by atoms with van der Waals surface area (Å²) in [6.07, 6.45) is 0. The summed E-state index contributed by atoms with van der Waals surface area (Å²) in [4.78, 5) is 0. The van der Waals surface area contributed by atoms with Crippen molar-refractivity contribution in [2.45, 2.75) is 0 Å². The summed E-state index contributed by atoms with van der Waals surface area (Å²) in [7, 11) is 1.50. The number of hydrogen-bond acceptors (Lipinski definition) is 1. The zero-order valence-corrected chi connectivity index (χ0v) is 8.44. The quantitative estimate of drug-likeness (QED) is 0.546. The molecular formula is CH8BrNSn. The fourth-order valence-electron chi connectivity index (χ4n) is 0. The molecule has 0 aromatic carbocycles. The van der Waals surface area contributed by atoms with E-state index in [0.717, 1.165) is 0 Å². The Morgan fingerprint density at radius 2 is 1.25 bits per heavy atom. The fourth-order valence-corrected chi connectivity index (χ4v) is 0. The SMILES string of the molecule is Br.CN.[SnH2]. The number of nitrogens with two attached hydrogens (primary N) is 1. The van der Waals surface area contributed by atoms with E-state index in [1.165, 1.54) is 7.05 Å². The minimum absolute atomic E-state index is 0. The van der Waals surface area contributed by atoms with Crippen LogP contribution in [-0.4, -0.2) is 31.0 Å². The van der Waals surface area contributed by atoms with Crippen molar-refractivity contribution in [2.75, 3.05) is 7.05 Å². The molecule has 0 bridgehead atoms. The van der Waals surface area contributed by atoms with E-state index in [1.54, 1.807) is 0 Å². The summed E-state index contributed by atoms with van der Waals surface area (Å²) in [5, 5.41) is 0. The first-order chi connectivity index (χ1) is 1.00. The Labute approximate surface area is 53.7 Å². The molecule has 3 heteroatoms. The Morgan fingerprint density at radius 3 is 1.25 bits per heavy atom. The molecule has 0 aliphatic carbocycles. The molecule has 0 amide bonds. The van der Waals surface area contributed by atoms with Crippen LogP contribution < -0.4 is 5.73 Å². The second-order valence-electron chi connectivity index (χ2n) is 0. The third-order valence-corrected chi connectivity index (χ3v) is 0. The van der Waals surface area contributed by atoms with Gasteiger partial charge in [0.2, 0.25) is 0 Å².